The zero-order valence-electron chi connectivity index (χ0n) is 50.1. The van der Waals surface area contributed by atoms with E-state index in [1.807, 2.05) is 21.1 Å². The van der Waals surface area contributed by atoms with Gasteiger partial charge in [-0.15, -0.1) is 0 Å². The number of rotatable bonds is 63. The molecule has 0 aromatic carbocycles. The van der Waals surface area contributed by atoms with Crippen LogP contribution in [0.25, 0.3) is 0 Å². The molecule has 0 aliphatic carbocycles. The third-order valence-corrected chi connectivity index (χ3v) is 16.1. The number of quaternary nitrogens is 1. The summed E-state index contributed by atoms with van der Waals surface area (Å²) < 4.78 is 34.9. The maximum Gasteiger partial charge on any atom is 0.306 e. The summed E-state index contributed by atoms with van der Waals surface area (Å²) in [6, 6.07) is 0. The normalized spacial score (nSPS) is 13.2. The molecule has 0 saturated carbocycles. The minimum atomic E-state index is -4.53. The highest BCUT2D eigenvalue weighted by atomic mass is 31.2. The van der Waals surface area contributed by atoms with Gasteiger partial charge in [0.25, 0.3) is 7.82 Å². The van der Waals surface area contributed by atoms with E-state index in [1.165, 1.54) is 295 Å². The SMILES string of the molecule is CCCCCCCCCCCCCCCCCCCCCCCCCCCCCCCCCCCC(=O)O[C@H](COCCCCCCCCCCCCCCCCCCCC)COP(=O)([O-])OCC[N+](C)(C)C. The van der Waals surface area contributed by atoms with E-state index in [-0.39, 0.29) is 25.8 Å². The van der Waals surface area contributed by atoms with Crippen LogP contribution in [0.5, 0.6) is 0 Å². The summed E-state index contributed by atoms with van der Waals surface area (Å²) in [7, 11) is 1.39. The number of phosphoric acid groups is 1. The molecule has 0 spiro atoms. The molecule has 0 heterocycles. The molecule has 0 aromatic rings. The van der Waals surface area contributed by atoms with Crippen molar-refractivity contribution >= 4 is 13.8 Å². The number of hydrogen-bond acceptors (Lipinski definition) is 7. The smallest absolute Gasteiger partial charge is 0.306 e. The van der Waals surface area contributed by atoms with Crippen LogP contribution in [-0.2, 0) is 27.9 Å². The van der Waals surface area contributed by atoms with Crippen molar-refractivity contribution in [3.8, 4) is 0 Å². The van der Waals surface area contributed by atoms with E-state index >= 15 is 0 Å². The average molecular weight is 1060 g/mol. The first-order valence-electron chi connectivity index (χ1n) is 32.8. The molecule has 0 aliphatic rings. The van der Waals surface area contributed by atoms with Gasteiger partial charge in [0, 0.05) is 13.0 Å². The second-order valence-corrected chi connectivity index (χ2v) is 25.3. The molecule has 0 N–H and O–H groups in total. The number of ether oxygens (including phenoxy) is 2. The van der Waals surface area contributed by atoms with Gasteiger partial charge < -0.3 is 27.9 Å². The van der Waals surface area contributed by atoms with Crippen molar-refractivity contribution < 1.29 is 37.3 Å². The molecule has 0 aliphatic heterocycles. The van der Waals surface area contributed by atoms with Crippen molar-refractivity contribution in [2.45, 2.75) is 354 Å². The predicted octanol–water partition coefficient (Wildman–Crippen LogP) is 20.4. The first kappa shape index (κ1) is 72.5. The monoisotopic (exact) mass is 1060 g/mol. The second kappa shape index (κ2) is 57.7. The first-order valence-corrected chi connectivity index (χ1v) is 34.2. The first-order chi connectivity index (χ1) is 35.6. The van der Waals surface area contributed by atoms with E-state index in [1.54, 1.807) is 0 Å². The van der Waals surface area contributed by atoms with Crippen LogP contribution < -0.4 is 4.89 Å². The Morgan fingerprint density at radius 3 is 0.904 bits per heavy atom. The van der Waals surface area contributed by atoms with E-state index in [0.29, 0.717) is 24.1 Å². The van der Waals surface area contributed by atoms with Gasteiger partial charge in [-0.25, -0.2) is 0 Å². The van der Waals surface area contributed by atoms with Crippen molar-refractivity contribution in [3.63, 3.8) is 0 Å². The lowest BCUT2D eigenvalue weighted by molar-refractivity contribution is -0.870. The van der Waals surface area contributed by atoms with Crippen molar-refractivity contribution in [2.24, 2.45) is 0 Å². The fraction of sp³-hybridized carbons (Fsp3) is 0.984. The summed E-state index contributed by atoms with van der Waals surface area (Å²) in [6.45, 7) is 5.52. The molecule has 0 amide bonds. The molecule has 0 bridgehead atoms. The molecule has 8 nitrogen and oxygen atoms in total. The zero-order valence-corrected chi connectivity index (χ0v) is 51.0. The minimum absolute atomic E-state index is 0.0321. The highest BCUT2D eigenvalue weighted by molar-refractivity contribution is 7.45. The van der Waals surface area contributed by atoms with Gasteiger partial charge in [0.15, 0.2) is 0 Å². The third kappa shape index (κ3) is 62.2. The second-order valence-electron chi connectivity index (χ2n) is 23.9. The average Bonchev–Trinajstić information content (AvgIpc) is 3.35. The lowest BCUT2D eigenvalue weighted by atomic mass is 10.0. The van der Waals surface area contributed by atoms with E-state index in [9.17, 15) is 14.3 Å². The number of likely N-dealkylation sites (N-methyl/N-ethyl adjacent to an activating group) is 1. The molecule has 0 saturated heterocycles. The largest absolute Gasteiger partial charge is 0.756 e. The summed E-state index contributed by atoms with van der Waals surface area (Å²) >= 11 is 0. The van der Waals surface area contributed by atoms with Crippen molar-refractivity contribution in [2.75, 3.05) is 54.1 Å². The molecule has 0 rings (SSSR count). The number of nitrogens with zero attached hydrogens (tertiary/aromatic N) is 1. The highest BCUT2D eigenvalue weighted by Crippen LogP contribution is 2.38. The summed E-state index contributed by atoms with van der Waals surface area (Å²) in [4.78, 5) is 25.3. The van der Waals surface area contributed by atoms with Crippen LogP contribution >= 0.6 is 7.82 Å². The minimum Gasteiger partial charge on any atom is -0.756 e. The van der Waals surface area contributed by atoms with E-state index in [2.05, 4.69) is 13.8 Å². The fourth-order valence-electron chi connectivity index (χ4n) is 10.1. The van der Waals surface area contributed by atoms with Gasteiger partial charge in [0.1, 0.15) is 19.3 Å². The Bertz CT molecular complexity index is 1130. The third-order valence-electron chi connectivity index (χ3n) is 15.2. The van der Waals surface area contributed by atoms with Crippen LogP contribution in [0.4, 0.5) is 0 Å². The summed E-state index contributed by atoms with van der Waals surface area (Å²) in [6.07, 6.45) is 69.0. The maximum atomic E-state index is 12.8. The Labute approximate surface area is 457 Å². The number of phosphoric ester groups is 1. The number of unbranched alkanes of at least 4 members (excludes halogenated alkanes) is 49. The number of carbonyl (C=O) groups is 1. The van der Waals surface area contributed by atoms with Gasteiger partial charge in [0.2, 0.25) is 0 Å². The Morgan fingerprint density at radius 2 is 0.630 bits per heavy atom. The van der Waals surface area contributed by atoms with E-state index in [4.69, 9.17) is 18.5 Å². The molecule has 1 unspecified atom stereocenters. The quantitative estimate of drug-likeness (QED) is 0.0259. The van der Waals surface area contributed by atoms with E-state index < -0.39 is 13.9 Å². The molecule has 73 heavy (non-hydrogen) atoms. The van der Waals surface area contributed by atoms with Crippen LogP contribution in [0, 0.1) is 0 Å². The molecule has 2 atom stereocenters. The molecular formula is C64H130NO7P. The summed E-state index contributed by atoms with van der Waals surface area (Å²) in [5.74, 6) is -0.321. The van der Waals surface area contributed by atoms with Gasteiger partial charge in [-0.05, 0) is 12.8 Å². The number of esters is 1. The van der Waals surface area contributed by atoms with Crippen LogP contribution in [0.3, 0.4) is 0 Å². The lowest BCUT2D eigenvalue weighted by Gasteiger charge is -2.28. The number of hydrogen-bond donors (Lipinski definition) is 0. The maximum absolute atomic E-state index is 12.8. The molecular weight excluding hydrogens is 926 g/mol. The van der Waals surface area contributed by atoms with Crippen LogP contribution in [0.2, 0.25) is 0 Å². The standard InChI is InChI=1S/C64H130NO7P/c1-6-8-10-12-14-16-18-20-22-24-26-27-28-29-30-31-32-33-34-35-36-37-38-39-40-41-43-45-47-49-51-53-55-57-64(66)72-63(62-71-73(67,68)70-60-58-65(3,4)5)61-69-59-56-54-52-50-48-46-44-42-25-23-21-19-17-15-13-11-9-7-2/h63H,6-62H2,1-5H3/t63-/m1/s1. The predicted molar refractivity (Wildman–Crippen MR) is 315 cm³/mol. The Morgan fingerprint density at radius 1 is 0.370 bits per heavy atom. The van der Waals surface area contributed by atoms with Gasteiger partial charge in [-0.3, -0.25) is 9.36 Å². The van der Waals surface area contributed by atoms with Crippen molar-refractivity contribution in [1.29, 1.82) is 0 Å². The Balaban J connectivity index is 3.86. The molecule has 0 aromatic heterocycles. The summed E-state index contributed by atoms with van der Waals surface area (Å²) in [5, 5.41) is 0. The van der Waals surface area contributed by atoms with Crippen LogP contribution in [-0.4, -0.2) is 70.7 Å². The fourth-order valence-corrected chi connectivity index (χ4v) is 10.9. The Hall–Kier alpha value is -0.500. The van der Waals surface area contributed by atoms with Gasteiger partial charge in [0.05, 0.1) is 34.4 Å². The van der Waals surface area contributed by atoms with Crippen molar-refractivity contribution in [1.82, 2.24) is 0 Å². The summed E-state index contributed by atoms with van der Waals surface area (Å²) in [5.41, 5.74) is 0. The highest BCUT2D eigenvalue weighted by Gasteiger charge is 2.20. The molecule has 438 valence electrons. The van der Waals surface area contributed by atoms with Crippen LogP contribution in [0.15, 0.2) is 0 Å². The topological polar surface area (TPSA) is 94.1 Å². The molecule has 9 heteroatoms. The van der Waals surface area contributed by atoms with Crippen LogP contribution in [0.1, 0.15) is 348 Å². The van der Waals surface area contributed by atoms with Gasteiger partial charge in [-0.2, -0.15) is 0 Å². The van der Waals surface area contributed by atoms with Crippen molar-refractivity contribution in [3.05, 3.63) is 0 Å². The number of carbonyl (C=O) groups excluding carboxylic acids is 1. The van der Waals surface area contributed by atoms with E-state index in [0.717, 1.165) is 32.1 Å². The lowest BCUT2D eigenvalue weighted by Crippen LogP contribution is -2.37. The van der Waals surface area contributed by atoms with Gasteiger partial charge in [-0.1, -0.05) is 328 Å². The van der Waals surface area contributed by atoms with Gasteiger partial charge >= 0.3 is 5.97 Å². The molecule has 0 fully saturated rings. The Kier molecular flexibility index (Phi) is 57.3. The molecule has 0 radical (unpaired) electrons. The zero-order chi connectivity index (χ0) is 53.3.